The molecule has 1 saturated carbocycles. The summed E-state index contributed by atoms with van der Waals surface area (Å²) in [4.78, 5) is 12.1. The Labute approximate surface area is 251 Å². The van der Waals surface area contributed by atoms with E-state index in [2.05, 4.69) is 95.4 Å². The monoisotopic (exact) mass is 562 g/mol. The van der Waals surface area contributed by atoms with E-state index in [1.54, 1.807) is 0 Å². The molecule has 1 aliphatic carbocycles. The molecule has 2 aromatic carbocycles. The number of hydrogen-bond donors (Lipinski definition) is 0. The number of aromatic nitrogens is 3. The number of benzene rings is 2. The average molecular weight is 563 g/mol. The van der Waals surface area contributed by atoms with E-state index in [1.165, 1.54) is 71.2 Å². The van der Waals surface area contributed by atoms with Crippen LogP contribution in [0.25, 0.3) is 10.9 Å². The summed E-state index contributed by atoms with van der Waals surface area (Å²) in [5.74, 6) is 2.96. The summed E-state index contributed by atoms with van der Waals surface area (Å²) in [7, 11) is 6.20. The van der Waals surface area contributed by atoms with Crippen LogP contribution in [0.1, 0.15) is 50.2 Å². The third-order valence-electron chi connectivity index (χ3n) is 9.65. The Morgan fingerprint density at radius 1 is 1.00 bits per heavy atom. The molecule has 220 valence electrons. The molecule has 1 saturated heterocycles. The number of pyridine rings is 1. The first-order chi connectivity index (χ1) is 20.4. The smallest absolute Gasteiger partial charge is 0.132 e. The fourth-order valence-electron chi connectivity index (χ4n) is 6.94. The molecule has 6 nitrogen and oxygen atoms in total. The molecule has 0 N–H and O–H groups in total. The van der Waals surface area contributed by atoms with Gasteiger partial charge >= 0.3 is 0 Å². The van der Waals surface area contributed by atoms with Gasteiger partial charge in [-0.2, -0.15) is 5.10 Å². The summed E-state index contributed by atoms with van der Waals surface area (Å²) in [6.45, 7) is 10.3. The van der Waals surface area contributed by atoms with Crippen molar-refractivity contribution in [2.75, 3.05) is 48.4 Å². The zero-order valence-electron chi connectivity index (χ0n) is 25.8. The fraction of sp³-hybridized carbons (Fsp3) is 0.444. The van der Waals surface area contributed by atoms with E-state index in [4.69, 9.17) is 11.6 Å². The lowest BCUT2D eigenvalue weighted by Gasteiger charge is -2.36. The van der Waals surface area contributed by atoms with Crippen molar-refractivity contribution < 1.29 is 0 Å². The molecule has 1 aliphatic heterocycles. The predicted octanol–water partition coefficient (Wildman–Crippen LogP) is 7.30. The molecule has 2 aromatic heterocycles. The normalized spacial score (nSPS) is 20.7. The second-order valence-corrected chi connectivity index (χ2v) is 12.9. The molecule has 0 amide bonds. The Morgan fingerprint density at radius 2 is 1.79 bits per heavy atom. The van der Waals surface area contributed by atoms with E-state index in [-0.39, 0.29) is 0 Å². The molecular formula is C36H46N6. The van der Waals surface area contributed by atoms with Gasteiger partial charge in [-0.15, -0.1) is 0 Å². The molecular weight excluding hydrogens is 516 g/mol. The highest BCUT2D eigenvalue weighted by Gasteiger charge is 2.30. The van der Waals surface area contributed by atoms with E-state index in [0.717, 1.165) is 37.8 Å². The van der Waals surface area contributed by atoms with Crippen LogP contribution in [0.5, 0.6) is 0 Å². The third kappa shape index (κ3) is 6.04. The molecule has 4 aromatic rings. The van der Waals surface area contributed by atoms with Crippen molar-refractivity contribution in [1.82, 2.24) is 14.8 Å². The average Bonchev–Trinajstić information content (AvgIpc) is 3.63. The number of hydrogen-bond acceptors (Lipinski definition) is 5. The quantitative estimate of drug-likeness (QED) is 0.214. The van der Waals surface area contributed by atoms with Crippen molar-refractivity contribution in [3.8, 4) is 0 Å². The fourth-order valence-corrected chi connectivity index (χ4v) is 6.94. The SMILES string of the molecule is C=C(C1CCC(C)CC1)N(CC1CCN(c2ccc(N(C)C)cc2)C1)c1cc(Cc2cccc3c2cnn3C)ccn1. The van der Waals surface area contributed by atoms with Gasteiger partial charge in [0.15, 0.2) is 0 Å². The summed E-state index contributed by atoms with van der Waals surface area (Å²) in [6, 6.07) is 20.0. The zero-order valence-corrected chi connectivity index (χ0v) is 25.8. The van der Waals surface area contributed by atoms with Crippen LogP contribution < -0.4 is 14.7 Å². The molecule has 2 fully saturated rings. The molecule has 1 atom stereocenters. The van der Waals surface area contributed by atoms with Gasteiger partial charge in [-0.1, -0.05) is 38.5 Å². The minimum atomic E-state index is 0.534. The van der Waals surface area contributed by atoms with Crippen LogP contribution in [0.2, 0.25) is 0 Å². The molecule has 0 radical (unpaired) electrons. The summed E-state index contributed by atoms with van der Waals surface area (Å²) in [6.07, 6.45) is 11.1. The molecule has 6 heteroatoms. The molecule has 0 spiro atoms. The lowest BCUT2D eigenvalue weighted by Crippen LogP contribution is -2.34. The molecule has 42 heavy (non-hydrogen) atoms. The molecule has 0 bridgehead atoms. The number of allylic oxidation sites excluding steroid dienone is 1. The summed E-state index contributed by atoms with van der Waals surface area (Å²) >= 11 is 0. The van der Waals surface area contributed by atoms with Crippen molar-refractivity contribution >= 4 is 28.1 Å². The van der Waals surface area contributed by atoms with Gasteiger partial charge in [0.05, 0.1) is 11.7 Å². The summed E-state index contributed by atoms with van der Waals surface area (Å²) in [5.41, 5.74) is 7.57. The van der Waals surface area contributed by atoms with Crippen LogP contribution in [-0.2, 0) is 13.5 Å². The van der Waals surface area contributed by atoms with Gasteiger partial charge in [0.1, 0.15) is 5.82 Å². The maximum atomic E-state index is 4.95. The Balaban J connectivity index is 1.23. The van der Waals surface area contributed by atoms with Crippen LogP contribution in [0.4, 0.5) is 17.2 Å². The third-order valence-corrected chi connectivity index (χ3v) is 9.65. The van der Waals surface area contributed by atoms with Crippen LogP contribution >= 0.6 is 0 Å². The molecule has 3 heterocycles. The van der Waals surface area contributed by atoms with E-state index in [9.17, 15) is 0 Å². The number of nitrogens with zero attached hydrogens (tertiary/aromatic N) is 6. The van der Waals surface area contributed by atoms with Crippen LogP contribution in [-0.4, -0.2) is 48.5 Å². The van der Waals surface area contributed by atoms with Crippen LogP contribution in [0.3, 0.4) is 0 Å². The topological polar surface area (TPSA) is 40.4 Å². The highest BCUT2D eigenvalue weighted by atomic mass is 15.2. The maximum Gasteiger partial charge on any atom is 0.132 e. The highest BCUT2D eigenvalue weighted by molar-refractivity contribution is 5.82. The number of fused-ring (bicyclic) bond motifs is 1. The molecule has 6 rings (SSSR count). The second kappa shape index (κ2) is 12.2. The predicted molar refractivity (Wildman–Crippen MR) is 176 cm³/mol. The Hall–Kier alpha value is -3.80. The van der Waals surface area contributed by atoms with Crippen LogP contribution in [0, 0.1) is 17.8 Å². The van der Waals surface area contributed by atoms with Gasteiger partial charge in [-0.25, -0.2) is 4.98 Å². The van der Waals surface area contributed by atoms with E-state index in [1.807, 2.05) is 24.1 Å². The van der Waals surface area contributed by atoms with Gasteiger partial charge < -0.3 is 14.7 Å². The second-order valence-electron chi connectivity index (χ2n) is 12.9. The first kappa shape index (κ1) is 28.3. The first-order valence-electron chi connectivity index (χ1n) is 15.7. The Bertz CT molecular complexity index is 1510. The summed E-state index contributed by atoms with van der Waals surface area (Å²) in [5, 5.41) is 5.72. The van der Waals surface area contributed by atoms with Crippen molar-refractivity contribution in [2.45, 2.75) is 45.4 Å². The number of rotatable bonds is 9. The highest BCUT2D eigenvalue weighted by Crippen LogP contribution is 2.37. The Morgan fingerprint density at radius 3 is 2.55 bits per heavy atom. The lowest BCUT2D eigenvalue weighted by atomic mass is 9.81. The minimum Gasteiger partial charge on any atom is -0.378 e. The zero-order chi connectivity index (χ0) is 29.2. The van der Waals surface area contributed by atoms with Gasteiger partial charge in [0.25, 0.3) is 0 Å². The van der Waals surface area contributed by atoms with Gasteiger partial charge in [-0.05, 0) is 97.0 Å². The largest absolute Gasteiger partial charge is 0.378 e. The number of anilines is 3. The summed E-state index contributed by atoms with van der Waals surface area (Å²) < 4.78 is 1.95. The van der Waals surface area contributed by atoms with E-state index in [0.29, 0.717) is 11.8 Å². The van der Waals surface area contributed by atoms with Crippen molar-refractivity contribution in [2.24, 2.45) is 24.8 Å². The van der Waals surface area contributed by atoms with Crippen molar-refractivity contribution in [3.05, 3.63) is 90.4 Å². The number of aryl methyl sites for hydroxylation is 1. The minimum absolute atomic E-state index is 0.534. The molecule has 2 aliphatic rings. The molecule has 1 unspecified atom stereocenters. The van der Waals surface area contributed by atoms with Gasteiger partial charge in [0.2, 0.25) is 0 Å². The first-order valence-corrected chi connectivity index (χ1v) is 15.7. The van der Waals surface area contributed by atoms with Crippen molar-refractivity contribution in [1.29, 1.82) is 0 Å². The Kier molecular flexibility index (Phi) is 8.23. The standard InChI is InChI=1S/C36H46N6/c1-26-9-11-30(12-10-26)27(2)42(25-29-18-20-41(24-29)33-15-13-32(14-16-33)39(3)4)36-22-28(17-19-37-36)21-31-7-6-8-35-34(31)23-38-40(35)5/h6-8,13-17,19,22-23,26,29-30H,2,9-12,18,20-21,24-25H2,1,3-5H3. The maximum absolute atomic E-state index is 4.95. The van der Waals surface area contributed by atoms with Gasteiger partial charge in [0, 0.05) is 69.4 Å². The lowest BCUT2D eigenvalue weighted by molar-refractivity contribution is 0.315. The van der Waals surface area contributed by atoms with Crippen LogP contribution in [0.15, 0.2) is 79.3 Å². The van der Waals surface area contributed by atoms with E-state index < -0.39 is 0 Å². The van der Waals surface area contributed by atoms with Crippen molar-refractivity contribution in [3.63, 3.8) is 0 Å². The van der Waals surface area contributed by atoms with E-state index >= 15 is 0 Å². The van der Waals surface area contributed by atoms with Gasteiger partial charge in [-0.3, -0.25) is 4.68 Å².